The zero-order chi connectivity index (χ0) is 15.3. The highest BCUT2D eigenvalue weighted by atomic mass is 79.9. The van der Waals surface area contributed by atoms with Crippen molar-refractivity contribution < 1.29 is 4.39 Å². The topological polar surface area (TPSA) is 26.0 Å². The lowest BCUT2D eigenvalue weighted by molar-refractivity contribution is 0.148. The summed E-state index contributed by atoms with van der Waals surface area (Å²) < 4.78 is 15.0. The fraction of sp³-hybridized carbons (Fsp3) is 0.667. The predicted molar refractivity (Wildman–Crippen MR) is 90.8 cm³/mol. The number of hydrogen-bond donors (Lipinski definition) is 1. The molecule has 2 rings (SSSR count). The van der Waals surface area contributed by atoms with Gasteiger partial charge < -0.3 is 5.73 Å². The summed E-state index contributed by atoms with van der Waals surface area (Å²) >= 11 is 3.44. The van der Waals surface area contributed by atoms with Crippen LogP contribution < -0.4 is 5.73 Å². The number of benzene rings is 1. The minimum Gasteiger partial charge on any atom is -0.330 e. The molecule has 0 heterocycles. The maximum absolute atomic E-state index is 14.0. The van der Waals surface area contributed by atoms with Gasteiger partial charge in [0.25, 0.3) is 0 Å². The Hall–Kier alpha value is -0.410. The molecule has 1 nitrogen and oxygen atoms in total. The van der Waals surface area contributed by atoms with Crippen molar-refractivity contribution in [2.24, 2.45) is 17.1 Å². The number of halogens is 2. The maximum atomic E-state index is 14.0. The van der Waals surface area contributed by atoms with E-state index in [1.165, 1.54) is 32.1 Å². The van der Waals surface area contributed by atoms with Gasteiger partial charge in [-0.1, -0.05) is 42.1 Å². The minimum atomic E-state index is -0.0980. The molecule has 1 aromatic carbocycles. The van der Waals surface area contributed by atoms with E-state index in [-0.39, 0.29) is 11.2 Å². The van der Waals surface area contributed by atoms with Crippen LogP contribution in [0.3, 0.4) is 0 Å². The van der Waals surface area contributed by atoms with Crippen LogP contribution in [-0.4, -0.2) is 6.54 Å². The smallest absolute Gasteiger partial charge is 0.126 e. The number of hydrogen-bond acceptors (Lipinski definition) is 1. The molecule has 118 valence electrons. The first kappa shape index (κ1) is 17.0. The summed E-state index contributed by atoms with van der Waals surface area (Å²) in [6.07, 6.45) is 9.54. The van der Waals surface area contributed by atoms with Crippen molar-refractivity contribution in [3.63, 3.8) is 0 Å². The molecule has 1 aliphatic rings. The Morgan fingerprint density at radius 2 is 2.05 bits per heavy atom. The van der Waals surface area contributed by atoms with Gasteiger partial charge in [0, 0.05) is 4.47 Å². The van der Waals surface area contributed by atoms with Crippen LogP contribution in [0.25, 0.3) is 0 Å². The Kier molecular flexibility index (Phi) is 6.24. The lowest BCUT2D eigenvalue weighted by Gasteiger charge is -2.40. The van der Waals surface area contributed by atoms with Crippen LogP contribution in [0.5, 0.6) is 0 Å². The summed E-state index contributed by atoms with van der Waals surface area (Å²) in [5.74, 6) is 0.760. The van der Waals surface area contributed by atoms with E-state index < -0.39 is 0 Å². The third-order valence-corrected chi connectivity index (χ3v) is 5.63. The normalized spacial score (nSPS) is 26.0. The van der Waals surface area contributed by atoms with Gasteiger partial charge >= 0.3 is 0 Å². The molecule has 3 heteroatoms. The number of unbranched alkanes of at least 4 members (excludes halogenated alkanes) is 1. The van der Waals surface area contributed by atoms with Gasteiger partial charge in [0.1, 0.15) is 5.82 Å². The summed E-state index contributed by atoms with van der Waals surface area (Å²) in [5, 5.41) is 0. The first-order chi connectivity index (χ1) is 10.1. The summed E-state index contributed by atoms with van der Waals surface area (Å²) in [6, 6.07) is 5.22. The molecule has 0 atom stereocenters. The first-order valence-electron chi connectivity index (χ1n) is 8.22. The molecule has 0 radical (unpaired) electrons. The lowest BCUT2D eigenvalue weighted by atomic mass is 9.66. The monoisotopic (exact) mass is 355 g/mol. The molecule has 0 aliphatic heterocycles. The number of nitrogens with two attached hydrogens (primary N) is 1. The Morgan fingerprint density at radius 1 is 1.33 bits per heavy atom. The average Bonchev–Trinajstić information content (AvgIpc) is 2.50. The molecular formula is C18H27BrFN. The molecule has 0 bridgehead atoms. The second-order valence-corrected chi connectivity index (χ2v) is 7.62. The maximum Gasteiger partial charge on any atom is 0.126 e. The first-order valence-corrected chi connectivity index (χ1v) is 9.02. The summed E-state index contributed by atoms with van der Waals surface area (Å²) in [6.45, 7) is 2.92. The highest BCUT2D eigenvalue weighted by Gasteiger charge is 2.34. The molecule has 0 spiro atoms. The summed E-state index contributed by atoms with van der Waals surface area (Å²) in [5.41, 5.74) is 6.99. The fourth-order valence-electron chi connectivity index (χ4n) is 3.61. The molecule has 1 fully saturated rings. The van der Waals surface area contributed by atoms with Crippen LogP contribution in [0.1, 0.15) is 57.4 Å². The van der Waals surface area contributed by atoms with Crippen LogP contribution in [0, 0.1) is 17.2 Å². The average molecular weight is 356 g/mol. The van der Waals surface area contributed by atoms with Crippen molar-refractivity contribution in [2.75, 3.05) is 6.54 Å². The van der Waals surface area contributed by atoms with Gasteiger partial charge in [-0.3, -0.25) is 0 Å². The predicted octanol–water partition coefficient (Wildman–Crippen LogP) is 5.46. The van der Waals surface area contributed by atoms with E-state index in [0.29, 0.717) is 6.54 Å². The second kappa shape index (κ2) is 7.73. The quantitative estimate of drug-likeness (QED) is 0.720. The van der Waals surface area contributed by atoms with E-state index in [4.69, 9.17) is 5.73 Å². The molecule has 0 amide bonds. The van der Waals surface area contributed by atoms with Gasteiger partial charge in [0.05, 0.1) is 0 Å². The van der Waals surface area contributed by atoms with Gasteiger partial charge in [-0.2, -0.15) is 0 Å². The van der Waals surface area contributed by atoms with Gasteiger partial charge in [-0.05, 0) is 73.7 Å². The zero-order valence-corrected chi connectivity index (χ0v) is 14.6. The van der Waals surface area contributed by atoms with Crippen LogP contribution >= 0.6 is 15.9 Å². The van der Waals surface area contributed by atoms with Crippen molar-refractivity contribution in [2.45, 2.75) is 58.3 Å². The van der Waals surface area contributed by atoms with Gasteiger partial charge in [0.2, 0.25) is 0 Å². The van der Waals surface area contributed by atoms with E-state index in [0.717, 1.165) is 35.2 Å². The molecule has 2 N–H and O–H groups in total. The van der Waals surface area contributed by atoms with E-state index >= 15 is 0 Å². The van der Waals surface area contributed by atoms with Crippen molar-refractivity contribution in [3.8, 4) is 0 Å². The zero-order valence-electron chi connectivity index (χ0n) is 13.0. The summed E-state index contributed by atoms with van der Waals surface area (Å²) in [7, 11) is 0. The Balaban J connectivity index is 2.01. The van der Waals surface area contributed by atoms with Crippen LogP contribution in [-0.2, 0) is 6.42 Å². The molecule has 1 aromatic rings. The summed E-state index contributed by atoms with van der Waals surface area (Å²) in [4.78, 5) is 0. The van der Waals surface area contributed by atoms with E-state index in [2.05, 4.69) is 22.9 Å². The van der Waals surface area contributed by atoms with E-state index in [9.17, 15) is 4.39 Å². The third-order valence-electron chi connectivity index (χ3n) is 5.14. The number of rotatable bonds is 6. The van der Waals surface area contributed by atoms with Crippen LogP contribution in [0.2, 0.25) is 0 Å². The molecule has 1 aliphatic carbocycles. The van der Waals surface area contributed by atoms with Crippen LogP contribution in [0.15, 0.2) is 22.7 Å². The lowest BCUT2D eigenvalue weighted by Crippen LogP contribution is -2.37. The Morgan fingerprint density at radius 3 is 2.67 bits per heavy atom. The SMILES string of the molecule is CCCCC1CCC(CN)(Cc2cc(Br)ccc2F)CC1. The standard InChI is InChI=1S/C18H27BrFN/c1-2-3-4-14-7-9-18(13-21,10-8-14)12-15-11-16(19)5-6-17(15)20/h5-6,11,14H,2-4,7-10,12-13,21H2,1H3. The van der Waals surface area contributed by atoms with E-state index in [1.54, 1.807) is 12.1 Å². The highest BCUT2D eigenvalue weighted by Crippen LogP contribution is 2.42. The van der Waals surface area contributed by atoms with Gasteiger partial charge in [-0.25, -0.2) is 4.39 Å². The van der Waals surface area contributed by atoms with Crippen molar-refractivity contribution in [3.05, 3.63) is 34.1 Å². The molecule has 21 heavy (non-hydrogen) atoms. The molecular weight excluding hydrogens is 329 g/mol. The van der Waals surface area contributed by atoms with Gasteiger partial charge in [-0.15, -0.1) is 0 Å². The molecule has 0 saturated heterocycles. The minimum absolute atomic E-state index is 0.0980. The van der Waals surface area contributed by atoms with Crippen molar-refractivity contribution >= 4 is 15.9 Å². The third kappa shape index (κ3) is 4.53. The fourth-order valence-corrected chi connectivity index (χ4v) is 4.02. The van der Waals surface area contributed by atoms with Gasteiger partial charge in [0.15, 0.2) is 0 Å². The molecule has 0 unspecified atom stereocenters. The van der Waals surface area contributed by atoms with Crippen molar-refractivity contribution in [1.82, 2.24) is 0 Å². The molecule has 0 aromatic heterocycles. The molecule has 1 saturated carbocycles. The van der Waals surface area contributed by atoms with Crippen molar-refractivity contribution in [1.29, 1.82) is 0 Å². The Labute approximate surface area is 136 Å². The Bertz CT molecular complexity index is 453. The van der Waals surface area contributed by atoms with Crippen LogP contribution in [0.4, 0.5) is 4.39 Å². The largest absolute Gasteiger partial charge is 0.330 e. The second-order valence-electron chi connectivity index (χ2n) is 6.70. The highest BCUT2D eigenvalue weighted by molar-refractivity contribution is 9.10. The van der Waals surface area contributed by atoms with E-state index in [1.807, 2.05) is 6.07 Å².